The second kappa shape index (κ2) is 6.42. The first-order chi connectivity index (χ1) is 9.63. The molecule has 0 radical (unpaired) electrons. The monoisotopic (exact) mass is 294 g/mol. The summed E-state index contributed by atoms with van der Waals surface area (Å²) in [6, 6.07) is 6.85. The number of nitrogens with zero attached hydrogens (tertiary/aromatic N) is 1. The van der Waals surface area contributed by atoms with Crippen molar-refractivity contribution < 1.29 is 19.1 Å². The Morgan fingerprint density at radius 1 is 1.40 bits per heavy atom. The van der Waals surface area contributed by atoms with Crippen LogP contribution in [-0.4, -0.2) is 47.9 Å². The third-order valence-electron chi connectivity index (χ3n) is 2.81. The van der Waals surface area contributed by atoms with Crippen molar-refractivity contribution in [1.82, 2.24) is 10.2 Å². The van der Waals surface area contributed by atoms with Crippen molar-refractivity contribution in [1.29, 1.82) is 0 Å². The third kappa shape index (κ3) is 3.11. The molecular formula is C13H14N2O4S. The third-order valence-corrected chi connectivity index (χ3v) is 3.67. The molecule has 0 unspecified atom stereocenters. The number of amides is 3. The zero-order valence-electron chi connectivity index (χ0n) is 10.9. The molecule has 1 aliphatic rings. The Hall–Kier alpha value is -2.02. The van der Waals surface area contributed by atoms with Crippen LogP contribution in [0.5, 0.6) is 5.75 Å². The second-order valence-electron chi connectivity index (χ2n) is 4.06. The molecule has 2 rings (SSSR count). The van der Waals surface area contributed by atoms with Crippen molar-refractivity contribution in [3.8, 4) is 5.75 Å². The lowest BCUT2D eigenvalue weighted by atomic mass is 10.2. The van der Waals surface area contributed by atoms with Crippen LogP contribution < -0.4 is 10.1 Å². The molecule has 0 spiro atoms. The van der Waals surface area contributed by atoms with Crippen LogP contribution in [0.4, 0.5) is 4.79 Å². The molecule has 7 heteroatoms. The molecule has 1 N–H and O–H groups in total. The van der Waals surface area contributed by atoms with E-state index in [1.54, 1.807) is 24.3 Å². The fourth-order valence-corrected chi connectivity index (χ4v) is 2.56. The summed E-state index contributed by atoms with van der Waals surface area (Å²) in [7, 11) is 1.49. The van der Waals surface area contributed by atoms with Gasteiger partial charge in [0, 0.05) is 13.1 Å². The SMILES string of the molecule is COc1ccccc1C(=O)NCCN1C(=O)CSC1=O. The van der Waals surface area contributed by atoms with E-state index in [1.807, 2.05) is 0 Å². The predicted octanol–water partition coefficient (Wildman–Crippen LogP) is 1.12. The number of hydrogen-bond donors (Lipinski definition) is 1. The van der Waals surface area contributed by atoms with Gasteiger partial charge < -0.3 is 10.1 Å². The molecule has 0 atom stereocenters. The van der Waals surface area contributed by atoms with E-state index >= 15 is 0 Å². The Balaban J connectivity index is 1.89. The number of para-hydroxylation sites is 1. The molecule has 0 bridgehead atoms. The van der Waals surface area contributed by atoms with Crippen LogP contribution in [0, 0.1) is 0 Å². The second-order valence-corrected chi connectivity index (χ2v) is 4.98. The Labute approximate surface area is 120 Å². The van der Waals surface area contributed by atoms with E-state index in [9.17, 15) is 14.4 Å². The summed E-state index contributed by atoms with van der Waals surface area (Å²) in [5.74, 6) is 0.147. The number of ether oxygens (including phenoxy) is 1. The molecule has 1 saturated heterocycles. The van der Waals surface area contributed by atoms with E-state index < -0.39 is 0 Å². The summed E-state index contributed by atoms with van der Waals surface area (Å²) < 4.78 is 5.10. The molecule has 1 fully saturated rings. The standard InChI is InChI=1S/C13H14N2O4S/c1-19-10-5-3-2-4-9(10)12(17)14-6-7-15-11(16)8-20-13(15)18/h2-5H,6-8H2,1H3,(H,14,17). The normalized spacial score (nSPS) is 14.6. The number of carbonyl (C=O) groups excluding carboxylic acids is 3. The van der Waals surface area contributed by atoms with Crippen LogP contribution in [0.1, 0.15) is 10.4 Å². The Morgan fingerprint density at radius 2 is 2.15 bits per heavy atom. The van der Waals surface area contributed by atoms with Gasteiger partial charge in [-0.3, -0.25) is 19.3 Å². The van der Waals surface area contributed by atoms with Gasteiger partial charge in [0.1, 0.15) is 5.75 Å². The zero-order chi connectivity index (χ0) is 14.5. The van der Waals surface area contributed by atoms with Gasteiger partial charge >= 0.3 is 0 Å². The van der Waals surface area contributed by atoms with Gasteiger partial charge in [-0.25, -0.2) is 0 Å². The van der Waals surface area contributed by atoms with Crippen molar-refractivity contribution in [2.75, 3.05) is 26.0 Å². The molecule has 1 heterocycles. The quantitative estimate of drug-likeness (QED) is 0.880. The minimum atomic E-state index is -0.297. The summed E-state index contributed by atoms with van der Waals surface area (Å²) in [6.45, 7) is 0.403. The molecule has 6 nitrogen and oxygen atoms in total. The van der Waals surface area contributed by atoms with Gasteiger partial charge in [-0.1, -0.05) is 23.9 Å². The maximum atomic E-state index is 12.0. The number of thioether (sulfide) groups is 1. The topological polar surface area (TPSA) is 75.7 Å². The largest absolute Gasteiger partial charge is 0.496 e. The van der Waals surface area contributed by atoms with E-state index in [4.69, 9.17) is 4.74 Å². The van der Waals surface area contributed by atoms with Gasteiger partial charge in [-0.2, -0.15) is 0 Å². The van der Waals surface area contributed by atoms with Gasteiger partial charge in [0.25, 0.3) is 11.1 Å². The summed E-state index contributed by atoms with van der Waals surface area (Å²) in [5.41, 5.74) is 0.420. The average molecular weight is 294 g/mol. The fraction of sp³-hybridized carbons (Fsp3) is 0.308. The van der Waals surface area contributed by atoms with E-state index in [2.05, 4.69) is 5.32 Å². The first-order valence-electron chi connectivity index (χ1n) is 6.02. The molecule has 106 valence electrons. The van der Waals surface area contributed by atoms with E-state index in [-0.39, 0.29) is 35.9 Å². The molecule has 1 aliphatic heterocycles. The molecule has 20 heavy (non-hydrogen) atoms. The van der Waals surface area contributed by atoms with Crippen LogP contribution in [0.2, 0.25) is 0 Å². The van der Waals surface area contributed by atoms with Gasteiger partial charge in [0.05, 0.1) is 18.4 Å². The van der Waals surface area contributed by atoms with Crippen LogP contribution in [0.3, 0.4) is 0 Å². The molecule has 1 aromatic carbocycles. The number of benzene rings is 1. The number of carbonyl (C=O) groups is 3. The van der Waals surface area contributed by atoms with Crippen LogP contribution in [0.15, 0.2) is 24.3 Å². The summed E-state index contributed by atoms with van der Waals surface area (Å²) >= 11 is 0.980. The average Bonchev–Trinajstić information content (AvgIpc) is 2.78. The van der Waals surface area contributed by atoms with Crippen molar-refractivity contribution in [3.63, 3.8) is 0 Å². The Morgan fingerprint density at radius 3 is 2.80 bits per heavy atom. The van der Waals surface area contributed by atoms with Crippen molar-refractivity contribution in [2.45, 2.75) is 0 Å². The highest BCUT2D eigenvalue weighted by molar-refractivity contribution is 8.14. The lowest BCUT2D eigenvalue weighted by Crippen LogP contribution is -2.37. The van der Waals surface area contributed by atoms with Crippen LogP contribution in [0.25, 0.3) is 0 Å². The molecule has 0 aliphatic carbocycles. The van der Waals surface area contributed by atoms with Crippen LogP contribution in [-0.2, 0) is 4.79 Å². The van der Waals surface area contributed by atoms with Crippen molar-refractivity contribution >= 4 is 28.8 Å². The number of hydrogen-bond acceptors (Lipinski definition) is 5. The van der Waals surface area contributed by atoms with E-state index in [1.165, 1.54) is 7.11 Å². The number of methoxy groups -OCH3 is 1. The smallest absolute Gasteiger partial charge is 0.288 e. The summed E-state index contributed by atoms with van der Waals surface area (Å²) in [5, 5.41) is 2.40. The van der Waals surface area contributed by atoms with Crippen molar-refractivity contribution in [3.05, 3.63) is 29.8 Å². The predicted molar refractivity (Wildman–Crippen MR) is 74.9 cm³/mol. The van der Waals surface area contributed by atoms with E-state index in [0.29, 0.717) is 11.3 Å². The summed E-state index contributed by atoms with van der Waals surface area (Å²) in [6.07, 6.45) is 0. The minimum Gasteiger partial charge on any atom is -0.496 e. The highest BCUT2D eigenvalue weighted by atomic mass is 32.2. The minimum absolute atomic E-state index is 0.180. The zero-order valence-corrected chi connectivity index (χ0v) is 11.7. The highest BCUT2D eigenvalue weighted by Crippen LogP contribution is 2.18. The van der Waals surface area contributed by atoms with Crippen molar-refractivity contribution in [2.24, 2.45) is 0 Å². The van der Waals surface area contributed by atoms with Gasteiger partial charge in [-0.05, 0) is 12.1 Å². The molecule has 0 saturated carbocycles. The Kier molecular flexibility index (Phi) is 4.62. The molecule has 3 amide bonds. The van der Waals surface area contributed by atoms with Gasteiger partial charge in [0.2, 0.25) is 5.91 Å². The number of rotatable bonds is 5. The van der Waals surface area contributed by atoms with Crippen LogP contribution >= 0.6 is 11.8 Å². The maximum absolute atomic E-state index is 12.0. The first-order valence-corrected chi connectivity index (χ1v) is 7.00. The Bertz CT molecular complexity index is 531. The lowest BCUT2D eigenvalue weighted by Gasteiger charge is -2.13. The lowest BCUT2D eigenvalue weighted by molar-refractivity contribution is -0.124. The molecular weight excluding hydrogens is 280 g/mol. The summed E-state index contributed by atoms with van der Waals surface area (Å²) in [4.78, 5) is 35.9. The highest BCUT2D eigenvalue weighted by Gasteiger charge is 2.29. The molecule has 1 aromatic rings. The van der Waals surface area contributed by atoms with E-state index in [0.717, 1.165) is 16.7 Å². The maximum Gasteiger partial charge on any atom is 0.288 e. The first kappa shape index (κ1) is 14.4. The van der Waals surface area contributed by atoms with Gasteiger partial charge in [0.15, 0.2) is 0 Å². The number of imide groups is 1. The number of nitrogens with one attached hydrogen (secondary N) is 1. The molecule has 0 aromatic heterocycles. The van der Waals surface area contributed by atoms with Gasteiger partial charge in [-0.15, -0.1) is 0 Å². The fourth-order valence-electron chi connectivity index (χ4n) is 1.81.